The molecule has 0 fully saturated rings. The Morgan fingerprint density at radius 2 is 1.80 bits per heavy atom. The summed E-state index contributed by atoms with van der Waals surface area (Å²) in [7, 11) is 1.51. The number of carbonyl (C=O) groups excluding carboxylic acids is 2. The molecule has 2 aromatic heterocycles. The molecule has 0 aliphatic carbocycles. The maximum absolute atomic E-state index is 13.2. The largest absolute Gasteiger partial charge is 0.456 e. The second kappa shape index (κ2) is 12.6. The zero-order chi connectivity index (χ0) is 27.9. The molecule has 206 valence electrons. The molecule has 2 heterocycles. The van der Waals surface area contributed by atoms with Gasteiger partial charge in [0.05, 0.1) is 12.6 Å². The lowest BCUT2D eigenvalue weighted by Crippen LogP contribution is -2.42. The van der Waals surface area contributed by atoms with Crippen molar-refractivity contribution in [3.8, 4) is 11.3 Å². The summed E-state index contributed by atoms with van der Waals surface area (Å²) in [6.07, 6.45) is 2.46. The van der Waals surface area contributed by atoms with Crippen LogP contribution in [0.1, 0.15) is 22.3 Å². The summed E-state index contributed by atoms with van der Waals surface area (Å²) in [4.78, 5) is 29.1. The van der Waals surface area contributed by atoms with E-state index in [1.165, 1.54) is 7.11 Å². The second-order valence-electron chi connectivity index (χ2n) is 9.65. The first kappa shape index (κ1) is 27.1. The number of ether oxygens (including phenoxy) is 2. The maximum Gasteiger partial charge on any atom is 0.251 e. The molecular weight excluding hydrogens is 510 g/mol. The van der Waals surface area contributed by atoms with Crippen LogP contribution >= 0.6 is 0 Å². The molecule has 5 aromatic rings. The number of hydroxylamine groups is 1. The normalized spacial score (nSPS) is 12.8. The number of hydrogen-bond donors (Lipinski definition) is 4. The summed E-state index contributed by atoms with van der Waals surface area (Å²) in [5, 5.41) is 14.4. The Balaban J connectivity index is 1.30. The van der Waals surface area contributed by atoms with E-state index < -0.39 is 17.9 Å². The van der Waals surface area contributed by atoms with Crippen molar-refractivity contribution in [3.05, 3.63) is 96.2 Å². The van der Waals surface area contributed by atoms with Gasteiger partial charge in [0.25, 0.3) is 5.91 Å². The Labute approximate surface area is 231 Å². The van der Waals surface area contributed by atoms with Gasteiger partial charge in [0.2, 0.25) is 5.91 Å². The molecule has 0 bridgehead atoms. The van der Waals surface area contributed by atoms with E-state index in [0.717, 1.165) is 33.0 Å². The number of fused-ring (bicyclic) bond motifs is 2. The average Bonchev–Trinajstić information content (AvgIpc) is 3.61. The molecule has 0 saturated carbocycles. The van der Waals surface area contributed by atoms with Gasteiger partial charge in [-0.2, -0.15) is 0 Å². The smallest absolute Gasteiger partial charge is 0.251 e. The SMILES string of the molecule is COCOCC(CC(Cc1c[nH]c2ccccc12)C(=O)NO)NC(=O)c1ccc(-c2cc3ccccc3o2)cc1. The van der Waals surface area contributed by atoms with Crippen LogP contribution in [0.3, 0.4) is 0 Å². The standard InChI is InChI=1S/C31H31N3O6/c1-38-19-39-18-25(15-23(31(36)34-37)14-24-17-32-27-8-4-3-7-26(24)27)33-30(35)21-12-10-20(11-13-21)29-16-22-6-2-5-9-28(22)40-29/h2-13,16-17,23,25,32,37H,14-15,18-19H2,1H3,(H,33,35)(H,34,36). The fourth-order valence-corrected chi connectivity index (χ4v) is 4.90. The summed E-state index contributed by atoms with van der Waals surface area (Å²) in [5.74, 6) is -0.755. The summed E-state index contributed by atoms with van der Waals surface area (Å²) in [6.45, 7) is 0.164. The van der Waals surface area contributed by atoms with Gasteiger partial charge in [-0.05, 0) is 48.7 Å². The minimum atomic E-state index is -0.629. The van der Waals surface area contributed by atoms with Gasteiger partial charge in [0.15, 0.2) is 0 Å². The molecule has 0 spiro atoms. The molecule has 4 N–H and O–H groups in total. The number of rotatable bonds is 12. The molecular formula is C31H31N3O6. The van der Waals surface area contributed by atoms with E-state index in [0.29, 0.717) is 17.7 Å². The van der Waals surface area contributed by atoms with E-state index in [1.807, 2.05) is 72.9 Å². The highest BCUT2D eigenvalue weighted by atomic mass is 16.7. The van der Waals surface area contributed by atoms with Crippen LogP contribution in [-0.4, -0.2) is 48.6 Å². The first-order valence-electron chi connectivity index (χ1n) is 13.0. The number of methoxy groups -OCH3 is 1. The highest BCUT2D eigenvalue weighted by molar-refractivity contribution is 5.95. The summed E-state index contributed by atoms with van der Waals surface area (Å²) >= 11 is 0. The van der Waals surface area contributed by atoms with Crippen molar-refractivity contribution in [1.29, 1.82) is 0 Å². The summed E-state index contributed by atoms with van der Waals surface area (Å²) < 4.78 is 16.5. The second-order valence-corrected chi connectivity index (χ2v) is 9.65. The Morgan fingerprint density at radius 3 is 2.58 bits per heavy atom. The van der Waals surface area contributed by atoms with Crippen molar-refractivity contribution < 1.29 is 28.7 Å². The lowest BCUT2D eigenvalue weighted by molar-refractivity contribution is -0.134. The van der Waals surface area contributed by atoms with E-state index in [4.69, 9.17) is 13.9 Å². The van der Waals surface area contributed by atoms with Gasteiger partial charge in [-0.3, -0.25) is 14.8 Å². The predicted octanol–water partition coefficient (Wildman–Crippen LogP) is 5.05. The van der Waals surface area contributed by atoms with Gasteiger partial charge >= 0.3 is 0 Å². The van der Waals surface area contributed by atoms with E-state index >= 15 is 0 Å². The Hall–Kier alpha value is -4.44. The number of para-hydroxylation sites is 2. The fourth-order valence-electron chi connectivity index (χ4n) is 4.90. The molecule has 3 aromatic carbocycles. The zero-order valence-electron chi connectivity index (χ0n) is 22.1. The quantitative estimate of drug-likeness (QED) is 0.0758. The predicted molar refractivity (Wildman–Crippen MR) is 151 cm³/mol. The van der Waals surface area contributed by atoms with E-state index in [-0.39, 0.29) is 25.7 Å². The van der Waals surface area contributed by atoms with Crippen LogP contribution in [0.2, 0.25) is 0 Å². The number of hydrogen-bond acceptors (Lipinski definition) is 6. The van der Waals surface area contributed by atoms with E-state index in [9.17, 15) is 14.8 Å². The molecule has 9 nitrogen and oxygen atoms in total. The third-order valence-corrected chi connectivity index (χ3v) is 6.90. The fraction of sp³-hybridized carbons (Fsp3) is 0.226. The molecule has 2 atom stereocenters. The van der Waals surface area contributed by atoms with Crippen molar-refractivity contribution in [2.24, 2.45) is 5.92 Å². The Morgan fingerprint density at radius 1 is 1.02 bits per heavy atom. The molecule has 5 rings (SSSR count). The molecule has 0 saturated heterocycles. The van der Waals surface area contributed by atoms with Crippen molar-refractivity contribution in [2.45, 2.75) is 18.9 Å². The first-order valence-corrected chi connectivity index (χ1v) is 13.0. The van der Waals surface area contributed by atoms with Gasteiger partial charge in [-0.15, -0.1) is 0 Å². The molecule has 0 aliphatic rings. The highest BCUT2D eigenvalue weighted by Crippen LogP contribution is 2.28. The lowest BCUT2D eigenvalue weighted by Gasteiger charge is -2.23. The maximum atomic E-state index is 13.2. The van der Waals surface area contributed by atoms with Crippen LogP contribution < -0.4 is 10.8 Å². The molecule has 0 aliphatic heterocycles. The van der Waals surface area contributed by atoms with Crippen molar-refractivity contribution >= 4 is 33.7 Å². The number of H-pyrrole nitrogens is 1. The number of aromatic nitrogens is 1. The summed E-state index contributed by atoms with van der Waals surface area (Å²) in [6, 6.07) is 24.2. The van der Waals surface area contributed by atoms with Gasteiger partial charge in [-0.25, -0.2) is 5.48 Å². The minimum absolute atomic E-state index is 0.0396. The summed E-state index contributed by atoms with van der Waals surface area (Å²) in [5.41, 5.74) is 5.78. The van der Waals surface area contributed by atoms with Crippen LogP contribution in [0.25, 0.3) is 33.2 Å². The minimum Gasteiger partial charge on any atom is -0.456 e. The van der Waals surface area contributed by atoms with Gasteiger partial charge in [0, 0.05) is 46.6 Å². The number of carbonyl (C=O) groups is 2. The monoisotopic (exact) mass is 541 g/mol. The number of aromatic amines is 1. The van der Waals surface area contributed by atoms with Crippen LogP contribution in [0.5, 0.6) is 0 Å². The van der Waals surface area contributed by atoms with Crippen LogP contribution in [0, 0.1) is 5.92 Å². The first-order chi connectivity index (χ1) is 19.6. The van der Waals surface area contributed by atoms with Crippen molar-refractivity contribution in [3.63, 3.8) is 0 Å². The van der Waals surface area contributed by atoms with Gasteiger partial charge in [-0.1, -0.05) is 48.5 Å². The topological polar surface area (TPSA) is 126 Å². The average molecular weight is 542 g/mol. The van der Waals surface area contributed by atoms with Crippen molar-refractivity contribution in [1.82, 2.24) is 15.8 Å². The van der Waals surface area contributed by atoms with Gasteiger partial charge in [0.1, 0.15) is 18.1 Å². The molecule has 9 heteroatoms. The van der Waals surface area contributed by atoms with Crippen LogP contribution in [-0.2, 0) is 20.7 Å². The molecule has 2 amide bonds. The number of furan rings is 1. The Bertz CT molecular complexity index is 1560. The van der Waals surface area contributed by atoms with E-state index in [1.54, 1.807) is 17.6 Å². The zero-order valence-corrected chi connectivity index (χ0v) is 22.1. The third kappa shape index (κ3) is 6.23. The molecule has 0 radical (unpaired) electrons. The molecule has 2 unspecified atom stereocenters. The lowest BCUT2D eigenvalue weighted by atomic mass is 9.91. The van der Waals surface area contributed by atoms with Crippen molar-refractivity contribution in [2.75, 3.05) is 20.5 Å². The third-order valence-electron chi connectivity index (χ3n) is 6.90. The van der Waals surface area contributed by atoms with Crippen LogP contribution in [0.15, 0.2) is 89.5 Å². The number of amides is 2. The van der Waals surface area contributed by atoms with E-state index in [2.05, 4.69) is 10.3 Å². The highest BCUT2D eigenvalue weighted by Gasteiger charge is 2.26. The van der Waals surface area contributed by atoms with Gasteiger partial charge < -0.3 is 24.2 Å². The molecule has 40 heavy (non-hydrogen) atoms. The Kier molecular flexibility index (Phi) is 8.56. The van der Waals surface area contributed by atoms with Crippen LogP contribution in [0.4, 0.5) is 0 Å². The number of nitrogens with one attached hydrogen (secondary N) is 3. The number of benzene rings is 3.